The van der Waals surface area contributed by atoms with E-state index < -0.39 is 0 Å². The molecule has 1 aromatic carbocycles. The lowest BCUT2D eigenvalue weighted by atomic mass is 9.93. The van der Waals surface area contributed by atoms with Crippen molar-refractivity contribution in [3.05, 3.63) is 34.9 Å². The third-order valence-electron chi connectivity index (χ3n) is 4.38. The summed E-state index contributed by atoms with van der Waals surface area (Å²) in [6.45, 7) is 6.81. The van der Waals surface area contributed by atoms with Gasteiger partial charge in [-0.15, -0.1) is 0 Å². The molecule has 3 rings (SSSR count). The monoisotopic (exact) mass is 260 g/mol. The summed E-state index contributed by atoms with van der Waals surface area (Å²) >= 11 is 0. The number of nitrogens with zero attached hydrogens (tertiary/aromatic N) is 1. The van der Waals surface area contributed by atoms with E-state index >= 15 is 0 Å². The molecule has 0 bridgehead atoms. The summed E-state index contributed by atoms with van der Waals surface area (Å²) in [6, 6.07) is 7.83. The van der Waals surface area contributed by atoms with Crippen LogP contribution in [0.25, 0.3) is 0 Å². The minimum Gasteiger partial charge on any atom is -0.374 e. The zero-order chi connectivity index (χ0) is 13.4. The lowest BCUT2D eigenvalue weighted by molar-refractivity contribution is -0.0714. The van der Waals surface area contributed by atoms with Gasteiger partial charge < -0.3 is 10.5 Å². The molecule has 2 atom stereocenters. The first-order valence-electron chi connectivity index (χ1n) is 7.35. The van der Waals surface area contributed by atoms with E-state index in [1.165, 1.54) is 29.5 Å². The Morgan fingerprint density at radius 1 is 1.32 bits per heavy atom. The molecule has 1 aromatic rings. The van der Waals surface area contributed by atoms with Gasteiger partial charge in [0.2, 0.25) is 0 Å². The number of morpholine rings is 1. The highest BCUT2D eigenvalue weighted by molar-refractivity contribution is 5.34. The van der Waals surface area contributed by atoms with Crippen LogP contribution in [0.2, 0.25) is 0 Å². The predicted molar refractivity (Wildman–Crippen MR) is 77.2 cm³/mol. The van der Waals surface area contributed by atoms with E-state index in [9.17, 15) is 0 Å². The molecule has 1 aliphatic heterocycles. The van der Waals surface area contributed by atoms with Crippen molar-refractivity contribution in [3.8, 4) is 0 Å². The van der Waals surface area contributed by atoms with Crippen molar-refractivity contribution in [2.75, 3.05) is 19.7 Å². The molecular formula is C16H24N2O. The highest BCUT2D eigenvalue weighted by atomic mass is 16.5. The summed E-state index contributed by atoms with van der Waals surface area (Å²) in [5, 5.41) is 0. The summed E-state index contributed by atoms with van der Waals surface area (Å²) in [6.07, 6.45) is 2.80. The van der Waals surface area contributed by atoms with Crippen LogP contribution in [0.1, 0.15) is 35.6 Å². The standard InChI is InChI=1S/C16H24N2O/c1-11-3-6-14(12(2)9-11)16-15(10-17)19-8-7-18(16)13-4-5-13/h3,6,9,13,15-16H,4-5,7-8,10,17H2,1-2H3. The molecule has 0 spiro atoms. The van der Waals surface area contributed by atoms with Gasteiger partial charge in [-0.05, 0) is 37.8 Å². The fourth-order valence-corrected chi connectivity index (χ4v) is 3.30. The summed E-state index contributed by atoms with van der Waals surface area (Å²) in [7, 11) is 0. The fourth-order valence-electron chi connectivity index (χ4n) is 3.30. The van der Waals surface area contributed by atoms with Crippen LogP contribution < -0.4 is 5.73 Å². The second-order valence-electron chi connectivity index (χ2n) is 5.92. The van der Waals surface area contributed by atoms with Crippen LogP contribution in [0.3, 0.4) is 0 Å². The van der Waals surface area contributed by atoms with Crippen LogP contribution >= 0.6 is 0 Å². The summed E-state index contributed by atoms with van der Waals surface area (Å²) in [5.74, 6) is 0. The highest BCUT2D eigenvalue weighted by Gasteiger charge is 2.41. The summed E-state index contributed by atoms with van der Waals surface area (Å²) in [4.78, 5) is 2.62. The average molecular weight is 260 g/mol. The van der Waals surface area contributed by atoms with E-state index in [-0.39, 0.29) is 6.10 Å². The van der Waals surface area contributed by atoms with Gasteiger partial charge in [0.15, 0.2) is 0 Å². The Hall–Kier alpha value is -0.900. The molecule has 2 aliphatic rings. The number of hydrogen-bond acceptors (Lipinski definition) is 3. The molecule has 3 heteroatoms. The van der Waals surface area contributed by atoms with Gasteiger partial charge >= 0.3 is 0 Å². The van der Waals surface area contributed by atoms with Crippen molar-refractivity contribution in [3.63, 3.8) is 0 Å². The van der Waals surface area contributed by atoms with Crippen LogP contribution in [-0.2, 0) is 4.74 Å². The maximum atomic E-state index is 5.94. The third kappa shape index (κ3) is 2.55. The Kier molecular flexibility index (Phi) is 3.61. The minimum absolute atomic E-state index is 0.135. The minimum atomic E-state index is 0.135. The molecule has 1 heterocycles. The molecule has 1 saturated carbocycles. The maximum Gasteiger partial charge on any atom is 0.0894 e. The predicted octanol–water partition coefficient (Wildman–Crippen LogP) is 2.17. The number of aryl methyl sites for hydroxylation is 2. The van der Waals surface area contributed by atoms with E-state index in [1.807, 2.05) is 0 Å². The van der Waals surface area contributed by atoms with Gasteiger partial charge in [-0.25, -0.2) is 0 Å². The van der Waals surface area contributed by atoms with Crippen molar-refractivity contribution in [2.45, 2.75) is 44.9 Å². The van der Waals surface area contributed by atoms with Crippen LogP contribution in [0.4, 0.5) is 0 Å². The lowest BCUT2D eigenvalue weighted by Gasteiger charge is -2.42. The van der Waals surface area contributed by atoms with E-state index in [4.69, 9.17) is 10.5 Å². The first kappa shape index (κ1) is 13.1. The maximum absolute atomic E-state index is 5.94. The van der Waals surface area contributed by atoms with Crippen LogP contribution in [0.5, 0.6) is 0 Å². The summed E-state index contributed by atoms with van der Waals surface area (Å²) < 4.78 is 5.92. The number of benzene rings is 1. The van der Waals surface area contributed by atoms with Gasteiger partial charge in [0.05, 0.1) is 18.8 Å². The van der Waals surface area contributed by atoms with E-state index in [2.05, 4.69) is 36.9 Å². The topological polar surface area (TPSA) is 38.5 Å². The van der Waals surface area contributed by atoms with E-state index in [0.717, 1.165) is 19.2 Å². The highest BCUT2D eigenvalue weighted by Crippen LogP contribution is 2.39. The van der Waals surface area contributed by atoms with Crippen molar-refractivity contribution >= 4 is 0 Å². The fraction of sp³-hybridized carbons (Fsp3) is 0.625. The van der Waals surface area contributed by atoms with Crippen molar-refractivity contribution < 1.29 is 4.74 Å². The molecule has 2 fully saturated rings. The molecule has 2 N–H and O–H groups in total. The van der Waals surface area contributed by atoms with E-state index in [0.29, 0.717) is 12.6 Å². The molecule has 0 aromatic heterocycles. The molecule has 104 valence electrons. The number of nitrogens with two attached hydrogens (primary N) is 1. The molecule has 0 amide bonds. The first-order valence-corrected chi connectivity index (χ1v) is 7.35. The molecular weight excluding hydrogens is 236 g/mol. The second kappa shape index (κ2) is 5.23. The van der Waals surface area contributed by atoms with Gasteiger partial charge in [0.1, 0.15) is 0 Å². The Morgan fingerprint density at radius 2 is 2.11 bits per heavy atom. The molecule has 19 heavy (non-hydrogen) atoms. The Labute approximate surface area is 115 Å². The molecule has 0 radical (unpaired) electrons. The van der Waals surface area contributed by atoms with Gasteiger partial charge in [-0.1, -0.05) is 23.8 Å². The van der Waals surface area contributed by atoms with Gasteiger partial charge in [0, 0.05) is 19.1 Å². The zero-order valence-electron chi connectivity index (χ0n) is 11.9. The smallest absolute Gasteiger partial charge is 0.0894 e. The van der Waals surface area contributed by atoms with Crippen LogP contribution in [0.15, 0.2) is 18.2 Å². The SMILES string of the molecule is Cc1ccc(C2C(CN)OCCN2C2CC2)c(C)c1. The van der Waals surface area contributed by atoms with Crippen molar-refractivity contribution in [2.24, 2.45) is 5.73 Å². The zero-order valence-corrected chi connectivity index (χ0v) is 11.9. The Balaban J connectivity index is 1.95. The number of ether oxygens (including phenoxy) is 1. The number of hydrogen-bond donors (Lipinski definition) is 1. The normalized spacial score (nSPS) is 28.6. The molecule has 1 aliphatic carbocycles. The third-order valence-corrected chi connectivity index (χ3v) is 4.38. The molecule has 3 nitrogen and oxygen atoms in total. The van der Waals surface area contributed by atoms with Gasteiger partial charge in [-0.3, -0.25) is 4.90 Å². The van der Waals surface area contributed by atoms with E-state index in [1.54, 1.807) is 0 Å². The van der Waals surface area contributed by atoms with Gasteiger partial charge in [-0.2, -0.15) is 0 Å². The average Bonchev–Trinajstić information content (AvgIpc) is 3.22. The quantitative estimate of drug-likeness (QED) is 0.905. The van der Waals surface area contributed by atoms with Crippen LogP contribution in [-0.4, -0.2) is 36.7 Å². The molecule has 2 unspecified atom stereocenters. The van der Waals surface area contributed by atoms with Gasteiger partial charge in [0.25, 0.3) is 0 Å². The second-order valence-corrected chi connectivity index (χ2v) is 5.92. The van der Waals surface area contributed by atoms with Crippen molar-refractivity contribution in [1.29, 1.82) is 0 Å². The van der Waals surface area contributed by atoms with Crippen LogP contribution in [0, 0.1) is 13.8 Å². The Bertz CT molecular complexity index is 456. The largest absolute Gasteiger partial charge is 0.374 e. The summed E-state index contributed by atoms with van der Waals surface area (Å²) in [5.41, 5.74) is 10.0. The van der Waals surface area contributed by atoms with Crippen molar-refractivity contribution in [1.82, 2.24) is 4.90 Å². The number of rotatable bonds is 3. The first-order chi connectivity index (χ1) is 9.20. The Morgan fingerprint density at radius 3 is 2.74 bits per heavy atom. The lowest BCUT2D eigenvalue weighted by Crippen LogP contribution is -2.49. The molecule has 1 saturated heterocycles.